The van der Waals surface area contributed by atoms with Crippen molar-refractivity contribution in [2.24, 2.45) is 5.10 Å². The maximum Gasteiger partial charge on any atom is 0.212 e. The lowest BCUT2D eigenvalue weighted by atomic mass is 10.1. The molecule has 0 atom stereocenters. The van der Waals surface area contributed by atoms with Crippen LogP contribution in [-0.2, 0) is 0 Å². The van der Waals surface area contributed by atoms with Crippen molar-refractivity contribution in [1.29, 1.82) is 0 Å². The first-order valence-corrected chi connectivity index (χ1v) is 8.91. The molecular weight excluding hydrogens is 383 g/mol. The Morgan fingerprint density at radius 3 is 2.48 bits per heavy atom. The minimum atomic E-state index is -0.190. The van der Waals surface area contributed by atoms with Gasteiger partial charge in [-0.25, -0.2) is 0 Å². The van der Waals surface area contributed by atoms with Crippen molar-refractivity contribution in [2.75, 3.05) is 5.75 Å². The normalized spacial score (nSPS) is 13.4. The van der Waals surface area contributed by atoms with E-state index in [2.05, 4.69) is 15.3 Å². The van der Waals surface area contributed by atoms with Crippen LogP contribution in [-0.4, -0.2) is 36.6 Å². The van der Waals surface area contributed by atoms with Gasteiger partial charge in [0.15, 0.2) is 17.3 Å². The predicted octanol–water partition coefficient (Wildman–Crippen LogP) is 4.02. The number of aromatic nitrogens is 3. The highest BCUT2D eigenvalue weighted by atomic mass is 35.5. The van der Waals surface area contributed by atoms with Gasteiger partial charge in [0.25, 0.3) is 0 Å². The van der Waals surface area contributed by atoms with Gasteiger partial charge in [-0.05, 0) is 36.4 Å². The molecule has 0 aliphatic carbocycles. The van der Waals surface area contributed by atoms with E-state index < -0.39 is 0 Å². The second-order valence-corrected chi connectivity index (χ2v) is 7.04. The Labute approximate surface area is 156 Å². The van der Waals surface area contributed by atoms with Crippen LogP contribution in [0.3, 0.4) is 0 Å². The Bertz CT molecular complexity index is 1020. The second kappa shape index (κ2) is 6.25. The summed E-state index contributed by atoms with van der Waals surface area (Å²) in [6, 6.07) is 9.80. The van der Waals surface area contributed by atoms with Gasteiger partial charge in [-0.15, -0.1) is 10.2 Å². The molecule has 0 bridgehead atoms. The molecule has 0 spiro atoms. The number of fused-ring (bicyclic) bond motifs is 1. The molecule has 0 saturated heterocycles. The molecule has 126 valence electrons. The zero-order valence-electron chi connectivity index (χ0n) is 12.5. The monoisotopic (exact) mass is 392 g/mol. The Morgan fingerprint density at radius 2 is 1.72 bits per heavy atom. The number of thioether (sulfide) groups is 1. The first-order chi connectivity index (χ1) is 12.0. The fourth-order valence-electron chi connectivity index (χ4n) is 2.39. The van der Waals surface area contributed by atoms with Crippen LogP contribution < -0.4 is 0 Å². The standard InChI is InChI=1S/C16H10Cl2N4O2S/c17-10-3-1-9(5-11(10)18)15-19-20-16-22(15)21-12(7-25-16)8-2-4-13(23)14(24)6-8/h1-6,23-24H,7H2. The summed E-state index contributed by atoms with van der Waals surface area (Å²) in [5.74, 6) is 0.754. The molecule has 4 rings (SSSR count). The molecular formula is C16H10Cl2N4O2S. The maximum absolute atomic E-state index is 9.70. The van der Waals surface area contributed by atoms with Gasteiger partial charge >= 0.3 is 0 Å². The van der Waals surface area contributed by atoms with Crippen molar-refractivity contribution in [3.63, 3.8) is 0 Å². The smallest absolute Gasteiger partial charge is 0.212 e. The van der Waals surface area contributed by atoms with Crippen molar-refractivity contribution in [1.82, 2.24) is 14.9 Å². The van der Waals surface area contributed by atoms with Crippen molar-refractivity contribution in [3.05, 3.63) is 52.0 Å². The van der Waals surface area contributed by atoms with Gasteiger partial charge < -0.3 is 10.2 Å². The maximum atomic E-state index is 9.70. The van der Waals surface area contributed by atoms with Crippen LogP contribution in [0.2, 0.25) is 10.0 Å². The fourth-order valence-corrected chi connectivity index (χ4v) is 3.52. The van der Waals surface area contributed by atoms with Crippen molar-refractivity contribution < 1.29 is 10.2 Å². The van der Waals surface area contributed by atoms with Crippen LogP contribution in [0.15, 0.2) is 46.7 Å². The van der Waals surface area contributed by atoms with E-state index in [4.69, 9.17) is 23.2 Å². The zero-order valence-corrected chi connectivity index (χ0v) is 14.8. The van der Waals surface area contributed by atoms with Gasteiger partial charge in [-0.2, -0.15) is 9.78 Å². The van der Waals surface area contributed by atoms with Gasteiger partial charge in [0.05, 0.1) is 15.8 Å². The Balaban J connectivity index is 1.79. The number of hydrogen-bond donors (Lipinski definition) is 2. The minimum Gasteiger partial charge on any atom is -0.504 e. The third-order valence-electron chi connectivity index (χ3n) is 3.66. The molecule has 0 radical (unpaired) electrons. The van der Waals surface area contributed by atoms with Crippen molar-refractivity contribution >= 4 is 40.7 Å². The van der Waals surface area contributed by atoms with Crippen LogP contribution in [0.4, 0.5) is 0 Å². The van der Waals surface area contributed by atoms with Crippen molar-refractivity contribution in [3.8, 4) is 22.9 Å². The van der Waals surface area contributed by atoms with E-state index in [1.165, 1.54) is 23.9 Å². The number of phenolic OH excluding ortho intramolecular Hbond substituents is 2. The highest BCUT2D eigenvalue weighted by Crippen LogP contribution is 2.33. The minimum absolute atomic E-state index is 0.172. The molecule has 1 aliphatic rings. The molecule has 3 aromatic rings. The predicted molar refractivity (Wildman–Crippen MR) is 97.9 cm³/mol. The van der Waals surface area contributed by atoms with E-state index >= 15 is 0 Å². The first-order valence-electron chi connectivity index (χ1n) is 7.17. The molecule has 6 nitrogen and oxygen atoms in total. The average molecular weight is 393 g/mol. The highest BCUT2D eigenvalue weighted by molar-refractivity contribution is 7.99. The molecule has 25 heavy (non-hydrogen) atoms. The quantitative estimate of drug-likeness (QED) is 0.643. The molecule has 0 unspecified atom stereocenters. The van der Waals surface area contributed by atoms with E-state index in [1.807, 2.05) is 0 Å². The second-order valence-electron chi connectivity index (χ2n) is 5.29. The highest BCUT2D eigenvalue weighted by Gasteiger charge is 2.21. The summed E-state index contributed by atoms with van der Waals surface area (Å²) < 4.78 is 1.63. The van der Waals surface area contributed by atoms with Crippen LogP contribution in [0.5, 0.6) is 11.5 Å². The molecule has 1 aromatic heterocycles. The Kier molecular flexibility index (Phi) is 4.07. The summed E-state index contributed by atoms with van der Waals surface area (Å²) >= 11 is 13.5. The molecule has 0 saturated carbocycles. The van der Waals surface area contributed by atoms with E-state index in [9.17, 15) is 10.2 Å². The molecule has 2 aromatic carbocycles. The van der Waals surface area contributed by atoms with Gasteiger partial charge in [0.1, 0.15) is 0 Å². The molecule has 2 heterocycles. The Morgan fingerprint density at radius 1 is 0.920 bits per heavy atom. The fraction of sp³-hybridized carbons (Fsp3) is 0.0625. The number of nitrogens with zero attached hydrogens (tertiary/aromatic N) is 4. The van der Waals surface area contributed by atoms with E-state index in [1.54, 1.807) is 28.9 Å². The first kappa shape index (κ1) is 16.3. The SMILES string of the molecule is Oc1ccc(C2=Nn3c(nnc3-c3ccc(Cl)c(Cl)c3)SC2)cc1O. The molecule has 2 N–H and O–H groups in total. The van der Waals surface area contributed by atoms with Gasteiger partial charge in [-0.3, -0.25) is 0 Å². The van der Waals surface area contributed by atoms with Gasteiger partial charge in [0.2, 0.25) is 5.16 Å². The largest absolute Gasteiger partial charge is 0.504 e. The third kappa shape index (κ3) is 2.95. The Hall–Kier alpha value is -2.22. The topological polar surface area (TPSA) is 83.5 Å². The van der Waals surface area contributed by atoms with E-state index in [0.717, 1.165) is 11.3 Å². The number of rotatable bonds is 2. The lowest BCUT2D eigenvalue weighted by Crippen LogP contribution is -2.13. The van der Waals surface area contributed by atoms with E-state index in [-0.39, 0.29) is 11.5 Å². The number of aromatic hydroxyl groups is 2. The summed E-state index contributed by atoms with van der Waals surface area (Å²) in [5, 5.41) is 33.6. The number of phenols is 2. The van der Waals surface area contributed by atoms with Crippen molar-refractivity contribution in [2.45, 2.75) is 5.16 Å². The lowest BCUT2D eigenvalue weighted by Gasteiger charge is -2.14. The summed E-state index contributed by atoms with van der Waals surface area (Å²) in [4.78, 5) is 0. The summed E-state index contributed by atoms with van der Waals surface area (Å²) in [6.07, 6.45) is 0. The van der Waals surface area contributed by atoms with Crippen LogP contribution >= 0.6 is 35.0 Å². The average Bonchev–Trinajstić information content (AvgIpc) is 3.03. The summed E-state index contributed by atoms with van der Waals surface area (Å²) in [6.45, 7) is 0. The van der Waals surface area contributed by atoms with Gasteiger partial charge in [0, 0.05) is 16.9 Å². The van der Waals surface area contributed by atoms with Crippen LogP contribution in [0.25, 0.3) is 11.4 Å². The summed E-state index contributed by atoms with van der Waals surface area (Å²) in [7, 11) is 0. The third-order valence-corrected chi connectivity index (χ3v) is 5.33. The van der Waals surface area contributed by atoms with Gasteiger partial charge in [-0.1, -0.05) is 35.0 Å². The molecule has 1 aliphatic heterocycles. The molecule has 9 heteroatoms. The zero-order chi connectivity index (χ0) is 17.6. The number of hydrogen-bond acceptors (Lipinski definition) is 6. The molecule has 0 fully saturated rings. The number of halogens is 2. The number of benzene rings is 2. The van der Waals surface area contributed by atoms with E-state index in [0.29, 0.717) is 32.3 Å². The lowest BCUT2D eigenvalue weighted by molar-refractivity contribution is 0.403. The van der Waals surface area contributed by atoms with Crippen LogP contribution in [0, 0.1) is 0 Å². The van der Waals surface area contributed by atoms with Crippen LogP contribution in [0.1, 0.15) is 5.56 Å². The summed E-state index contributed by atoms with van der Waals surface area (Å²) in [5.41, 5.74) is 2.18. The molecule has 0 amide bonds.